The number of benzene rings is 1. The van der Waals surface area contributed by atoms with E-state index in [-0.39, 0.29) is 17.9 Å². The summed E-state index contributed by atoms with van der Waals surface area (Å²) < 4.78 is 0. The van der Waals surface area contributed by atoms with E-state index < -0.39 is 0 Å². The lowest BCUT2D eigenvalue weighted by atomic mass is 9.85. The summed E-state index contributed by atoms with van der Waals surface area (Å²) in [5, 5.41) is 9.79. The van der Waals surface area contributed by atoms with Gasteiger partial charge in [-0.05, 0) is 56.2 Å². The summed E-state index contributed by atoms with van der Waals surface area (Å²) >= 11 is 0. The van der Waals surface area contributed by atoms with Crippen molar-refractivity contribution in [1.82, 2.24) is 4.90 Å². The van der Waals surface area contributed by atoms with Crippen molar-refractivity contribution in [2.24, 2.45) is 5.92 Å². The van der Waals surface area contributed by atoms with Crippen molar-refractivity contribution in [3.8, 4) is 0 Å². The average Bonchev–Trinajstić information content (AvgIpc) is 2.45. The van der Waals surface area contributed by atoms with Crippen LogP contribution in [0.1, 0.15) is 47.9 Å². The zero-order valence-electron chi connectivity index (χ0n) is 13.1. The zero-order chi connectivity index (χ0) is 15.0. The lowest BCUT2D eigenvalue weighted by Gasteiger charge is -2.34. The SMILES string of the molecule is Cc1cc(C)c2c(c1)CN(C(=O)C1CCCC(O)C1)CC2. The molecule has 2 aliphatic rings. The van der Waals surface area contributed by atoms with Crippen LogP contribution in [-0.2, 0) is 17.8 Å². The summed E-state index contributed by atoms with van der Waals surface area (Å²) in [4.78, 5) is 14.7. The third-order valence-corrected chi connectivity index (χ3v) is 5.01. The summed E-state index contributed by atoms with van der Waals surface area (Å²) in [5.41, 5.74) is 5.36. The van der Waals surface area contributed by atoms with Gasteiger partial charge in [0, 0.05) is 19.0 Å². The largest absolute Gasteiger partial charge is 0.393 e. The van der Waals surface area contributed by atoms with E-state index in [2.05, 4.69) is 26.0 Å². The molecule has 1 aliphatic heterocycles. The Morgan fingerprint density at radius 2 is 2.10 bits per heavy atom. The summed E-state index contributed by atoms with van der Waals surface area (Å²) in [6.07, 6.45) is 4.09. The van der Waals surface area contributed by atoms with Crippen LogP contribution in [0.15, 0.2) is 12.1 Å². The van der Waals surface area contributed by atoms with Gasteiger partial charge in [-0.25, -0.2) is 0 Å². The van der Waals surface area contributed by atoms with Gasteiger partial charge < -0.3 is 10.0 Å². The van der Waals surface area contributed by atoms with Crippen LogP contribution in [0.4, 0.5) is 0 Å². The van der Waals surface area contributed by atoms with E-state index >= 15 is 0 Å². The Balaban J connectivity index is 1.75. The van der Waals surface area contributed by atoms with E-state index in [1.807, 2.05) is 4.90 Å². The molecule has 3 rings (SSSR count). The van der Waals surface area contributed by atoms with E-state index in [1.165, 1.54) is 22.3 Å². The first-order valence-electron chi connectivity index (χ1n) is 8.10. The summed E-state index contributed by atoms with van der Waals surface area (Å²) in [7, 11) is 0. The van der Waals surface area contributed by atoms with Crippen molar-refractivity contribution in [1.29, 1.82) is 0 Å². The summed E-state index contributed by atoms with van der Waals surface area (Å²) in [6.45, 7) is 5.85. The molecule has 2 atom stereocenters. The lowest BCUT2D eigenvalue weighted by Crippen LogP contribution is -2.42. The van der Waals surface area contributed by atoms with E-state index in [1.54, 1.807) is 0 Å². The average molecular weight is 287 g/mol. The zero-order valence-corrected chi connectivity index (χ0v) is 13.1. The van der Waals surface area contributed by atoms with Gasteiger partial charge >= 0.3 is 0 Å². The van der Waals surface area contributed by atoms with Gasteiger partial charge in [0.05, 0.1) is 6.10 Å². The van der Waals surface area contributed by atoms with E-state index in [9.17, 15) is 9.90 Å². The Labute approximate surface area is 127 Å². The fourth-order valence-corrected chi connectivity index (χ4v) is 3.95. The standard InChI is InChI=1S/C18H25NO2/c1-12-8-13(2)17-6-7-19(11-15(17)9-12)18(21)14-4-3-5-16(20)10-14/h8-9,14,16,20H,3-7,10-11H2,1-2H3. The molecule has 3 heteroatoms. The van der Waals surface area contributed by atoms with Crippen LogP contribution in [-0.4, -0.2) is 28.6 Å². The molecule has 1 N–H and O–H groups in total. The first-order valence-corrected chi connectivity index (χ1v) is 8.10. The highest BCUT2D eigenvalue weighted by molar-refractivity contribution is 5.79. The van der Waals surface area contributed by atoms with Gasteiger partial charge in [-0.15, -0.1) is 0 Å². The maximum atomic E-state index is 12.7. The van der Waals surface area contributed by atoms with E-state index in [0.717, 1.165) is 38.8 Å². The van der Waals surface area contributed by atoms with Crippen molar-refractivity contribution in [3.63, 3.8) is 0 Å². The van der Waals surface area contributed by atoms with Gasteiger partial charge in [-0.3, -0.25) is 4.79 Å². The monoisotopic (exact) mass is 287 g/mol. The van der Waals surface area contributed by atoms with E-state index in [4.69, 9.17) is 0 Å². The summed E-state index contributed by atoms with van der Waals surface area (Å²) in [5.74, 6) is 0.278. The second-order valence-corrected chi connectivity index (χ2v) is 6.75. The van der Waals surface area contributed by atoms with Crippen molar-refractivity contribution in [3.05, 3.63) is 34.4 Å². The lowest BCUT2D eigenvalue weighted by molar-refractivity contribution is -0.138. The van der Waals surface area contributed by atoms with Gasteiger partial charge in [0.2, 0.25) is 5.91 Å². The molecule has 0 spiro atoms. The molecule has 2 unspecified atom stereocenters. The van der Waals surface area contributed by atoms with Crippen LogP contribution < -0.4 is 0 Å². The Morgan fingerprint density at radius 3 is 2.86 bits per heavy atom. The second kappa shape index (κ2) is 5.80. The van der Waals surface area contributed by atoms with Crippen molar-refractivity contribution >= 4 is 5.91 Å². The van der Waals surface area contributed by atoms with Crippen LogP contribution in [0.2, 0.25) is 0 Å². The van der Waals surface area contributed by atoms with E-state index in [0.29, 0.717) is 6.42 Å². The molecule has 1 saturated carbocycles. The number of aryl methyl sites for hydroxylation is 2. The first kappa shape index (κ1) is 14.6. The Bertz CT molecular complexity index is 552. The topological polar surface area (TPSA) is 40.5 Å². The van der Waals surface area contributed by atoms with Crippen LogP contribution in [0.25, 0.3) is 0 Å². The van der Waals surface area contributed by atoms with Gasteiger partial charge in [0.15, 0.2) is 0 Å². The molecular weight excluding hydrogens is 262 g/mol. The smallest absolute Gasteiger partial charge is 0.226 e. The fourth-order valence-electron chi connectivity index (χ4n) is 3.95. The minimum absolute atomic E-state index is 0.0289. The number of amides is 1. The number of aliphatic hydroxyl groups is 1. The molecule has 0 bridgehead atoms. The molecule has 1 heterocycles. The van der Waals surface area contributed by atoms with Crippen LogP contribution in [0.3, 0.4) is 0 Å². The number of hydrogen-bond donors (Lipinski definition) is 1. The molecule has 1 amide bonds. The first-order chi connectivity index (χ1) is 10.0. The predicted octanol–water partition coefficient (Wildman–Crippen LogP) is 2.74. The predicted molar refractivity (Wildman–Crippen MR) is 83.0 cm³/mol. The van der Waals surface area contributed by atoms with Crippen molar-refractivity contribution < 1.29 is 9.90 Å². The molecule has 1 aliphatic carbocycles. The number of carbonyl (C=O) groups excluding carboxylic acids is 1. The van der Waals surface area contributed by atoms with Gasteiger partial charge in [-0.2, -0.15) is 0 Å². The van der Waals surface area contributed by atoms with Crippen molar-refractivity contribution in [2.45, 2.75) is 58.6 Å². The maximum Gasteiger partial charge on any atom is 0.226 e. The molecule has 1 aromatic carbocycles. The molecule has 0 radical (unpaired) electrons. The highest BCUT2D eigenvalue weighted by Gasteiger charge is 2.31. The minimum atomic E-state index is -0.283. The number of aliphatic hydroxyl groups excluding tert-OH is 1. The highest BCUT2D eigenvalue weighted by Crippen LogP contribution is 2.29. The number of carbonyl (C=O) groups is 1. The number of fused-ring (bicyclic) bond motifs is 1. The molecule has 114 valence electrons. The third-order valence-electron chi connectivity index (χ3n) is 5.01. The van der Waals surface area contributed by atoms with Crippen LogP contribution in [0.5, 0.6) is 0 Å². The number of nitrogens with zero attached hydrogens (tertiary/aromatic N) is 1. The molecule has 0 aromatic heterocycles. The quantitative estimate of drug-likeness (QED) is 0.863. The Morgan fingerprint density at radius 1 is 1.29 bits per heavy atom. The van der Waals surface area contributed by atoms with Gasteiger partial charge in [0.1, 0.15) is 0 Å². The fraction of sp³-hybridized carbons (Fsp3) is 0.611. The molecule has 3 nitrogen and oxygen atoms in total. The minimum Gasteiger partial charge on any atom is -0.393 e. The molecule has 21 heavy (non-hydrogen) atoms. The molecule has 0 saturated heterocycles. The normalized spacial score (nSPS) is 25.6. The summed E-state index contributed by atoms with van der Waals surface area (Å²) in [6, 6.07) is 4.45. The molecule has 1 fully saturated rings. The van der Waals surface area contributed by atoms with Gasteiger partial charge in [0.25, 0.3) is 0 Å². The van der Waals surface area contributed by atoms with Crippen LogP contribution >= 0.6 is 0 Å². The third kappa shape index (κ3) is 2.98. The highest BCUT2D eigenvalue weighted by atomic mass is 16.3. The molecular formula is C18H25NO2. The van der Waals surface area contributed by atoms with Gasteiger partial charge in [-0.1, -0.05) is 24.1 Å². The maximum absolute atomic E-state index is 12.7. The van der Waals surface area contributed by atoms with Crippen LogP contribution in [0, 0.1) is 19.8 Å². The molecule has 1 aromatic rings. The second-order valence-electron chi connectivity index (χ2n) is 6.75. The Kier molecular flexibility index (Phi) is 4.03. The van der Waals surface area contributed by atoms with Crippen molar-refractivity contribution in [2.75, 3.05) is 6.54 Å². The number of hydrogen-bond acceptors (Lipinski definition) is 2. The Hall–Kier alpha value is -1.35. The number of rotatable bonds is 1.